The van der Waals surface area contributed by atoms with Gasteiger partial charge >= 0.3 is 0 Å². The maximum absolute atomic E-state index is 13.6. The Morgan fingerprint density at radius 2 is 2.05 bits per heavy atom. The minimum atomic E-state index is -3.80. The summed E-state index contributed by atoms with van der Waals surface area (Å²) in [7, 11) is -3.80. The molecule has 118 valence electrons. The molecule has 0 unspecified atom stereocenters. The normalized spacial score (nSPS) is 11.4. The summed E-state index contributed by atoms with van der Waals surface area (Å²) in [5, 5.41) is 4.41. The van der Waals surface area contributed by atoms with Crippen LogP contribution in [0.3, 0.4) is 0 Å². The molecule has 0 atom stereocenters. The fourth-order valence-electron chi connectivity index (χ4n) is 1.79. The van der Waals surface area contributed by atoms with Gasteiger partial charge in [-0.15, -0.1) is 11.3 Å². The monoisotopic (exact) mass is 361 g/mol. The summed E-state index contributed by atoms with van der Waals surface area (Å²) in [6.07, 6.45) is 0. The Hall–Kier alpha value is -1.44. The predicted octanol–water partition coefficient (Wildman–Crippen LogP) is 2.77. The van der Waals surface area contributed by atoms with Gasteiger partial charge in [0.25, 0.3) is 0 Å². The van der Waals surface area contributed by atoms with Crippen molar-refractivity contribution in [1.29, 1.82) is 0 Å². The van der Waals surface area contributed by atoms with Gasteiger partial charge in [-0.05, 0) is 23.6 Å². The number of rotatable bonds is 6. The van der Waals surface area contributed by atoms with Crippen molar-refractivity contribution in [2.24, 2.45) is 0 Å². The van der Waals surface area contributed by atoms with Crippen molar-refractivity contribution in [3.05, 3.63) is 57.0 Å². The zero-order chi connectivity index (χ0) is 16.2. The van der Waals surface area contributed by atoms with Crippen molar-refractivity contribution in [1.82, 2.24) is 5.32 Å². The van der Waals surface area contributed by atoms with Gasteiger partial charge in [-0.1, -0.05) is 23.7 Å². The molecule has 1 heterocycles. The van der Waals surface area contributed by atoms with E-state index < -0.39 is 33.1 Å². The number of hydrogen-bond acceptors (Lipinski definition) is 4. The molecule has 0 saturated carbocycles. The van der Waals surface area contributed by atoms with E-state index in [0.29, 0.717) is 0 Å². The molecule has 0 aliphatic carbocycles. The van der Waals surface area contributed by atoms with Gasteiger partial charge in [0.1, 0.15) is 11.6 Å². The second-order valence-electron chi connectivity index (χ2n) is 4.59. The SMILES string of the molecule is O=C(CS(=O)(=O)Cc1c(F)cccc1Cl)NCc1cccs1. The lowest BCUT2D eigenvalue weighted by Crippen LogP contribution is -2.30. The number of nitrogens with one attached hydrogen (secondary N) is 1. The quantitative estimate of drug-likeness (QED) is 0.860. The molecule has 1 aromatic carbocycles. The van der Waals surface area contributed by atoms with Crippen LogP contribution in [-0.2, 0) is 26.9 Å². The highest BCUT2D eigenvalue weighted by Crippen LogP contribution is 2.21. The van der Waals surface area contributed by atoms with Gasteiger partial charge in [-0.3, -0.25) is 4.79 Å². The maximum atomic E-state index is 13.6. The Morgan fingerprint density at radius 1 is 1.27 bits per heavy atom. The van der Waals surface area contributed by atoms with Crippen LogP contribution in [0.25, 0.3) is 0 Å². The van der Waals surface area contributed by atoms with Gasteiger partial charge < -0.3 is 5.32 Å². The van der Waals surface area contributed by atoms with E-state index in [1.165, 1.54) is 23.5 Å². The van der Waals surface area contributed by atoms with E-state index >= 15 is 0 Å². The molecule has 0 aliphatic heterocycles. The van der Waals surface area contributed by atoms with E-state index in [2.05, 4.69) is 5.32 Å². The minimum Gasteiger partial charge on any atom is -0.350 e. The van der Waals surface area contributed by atoms with Crippen molar-refractivity contribution in [3.63, 3.8) is 0 Å². The van der Waals surface area contributed by atoms with E-state index in [0.717, 1.165) is 10.9 Å². The molecule has 0 saturated heterocycles. The molecule has 8 heteroatoms. The van der Waals surface area contributed by atoms with Crippen LogP contribution >= 0.6 is 22.9 Å². The van der Waals surface area contributed by atoms with Gasteiger partial charge in [0.15, 0.2) is 9.84 Å². The average Bonchev–Trinajstić information content (AvgIpc) is 2.94. The van der Waals surface area contributed by atoms with Crippen LogP contribution in [0.4, 0.5) is 4.39 Å². The lowest BCUT2D eigenvalue weighted by Gasteiger charge is -2.08. The average molecular weight is 362 g/mol. The zero-order valence-electron chi connectivity index (χ0n) is 11.4. The predicted molar refractivity (Wildman–Crippen MR) is 85.1 cm³/mol. The van der Waals surface area contributed by atoms with Crippen molar-refractivity contribution in [2.75, 3.05) is 5.75 Å². The first-order valence-corrected chi connectivity index (χ1v) is 9.38. The third kappa shape index (κ3) is 4.79. The minimum absolute atomic E-state index is 0.0302. The molecule has 1 amide bonds. The van der Waals surface area contributed by atoms with Crippen LogP contribution in [0.5, 0.6) is 0 Å². The third-order valence-electron chi connectivity index (χ3n) is 2.82. The second kappa shape index (κ2) is 7.21. The van der Waals surface area contributed by atoms with Crippen LogP contribution < -0.4 is 5.32 Å². The van der Waals surface area contributed by atoms with Crippen LogP contribution in [0.15, 0.2) is 35.7 Å². The van der Waals surface area contributed by atoms with E-state index in [-0.39, 0.29) is 17.1 Å². The van der Waals surface area contributed by atoms with Crippen molar-refractivity contribution in [2.45, 2.75) is 12.3 Å². The highest BCUT2D eigenvalue weighted by Gasteiger charge is 2.21. The summed E-state index contributed by atoms with van der Waals surface area (Å²) in [6.45, 7) is 0.270. The van der Waals surface area contributed by atoms with Gasteiger partial charge in [0.05, 0.1) is 12.3 Å². The summed E-state index contributed by atoms with van der Waals surface area (Å²) in [6, 6.07) is 7.60. The van der Waals surface area contributed by atoms with E-state index in [9.17, 15) is 17.6 Å². The molecular formula is C14H13ClFNO3S2. The van der Waals surface area contributed by atoms with Gasteiger partial charge in [0.2, 0.25) is 5.91 Å². The van der Waals surface area contributed by atoms with Gasteiger partial charge in [0, 0.05) is 15.5 Å². The highest BCUT2D eigenvalue weighted by molar-refractivity contribution is 7.91. The molecule has 0 fully saturated rings. The molecule has 0 spiro atoms. The number of amides is 1. The Morgan fingerprint density at radius 3 is 2.68 bits per heavy atom. The first kappa shape index (κ1) is 16.9. The molecule has 2 aromatic rings. The van der Waals surface area contributed by atoms with Crippen LogP contribution in [0, 0.1) is 5.82 Å². The molecule has 22 heavy (non-hydrogen) atoms. The Balaban J connectivity index is 1.97. The molecule has 0 aliphatic rings. The summed E-state index contributed by atoms with van der Waals surface area (Å²) in [4.78, 5) is 12.6. The summed E-state index contributed by atoms with van der Waals surface area (Å²) < 4.78 is 37.6. The second-order valence-corrected chi connectivity index (χ2v) is 8.09. The summed E-state index contributed by atoms with van der Waals surface area (Å²) in [5.41, 5.74) is -0.116. The van der Waals surface area contributed by atoms with Crippen molar-refractivity contribution < 1.29 is 17.6 Å². The van der Waals surface area contributed by atoms with E-state index in [1.54, 1.807) is 0 Å². The molecule has 1 N–H and O–H groups in total. The lowest BCUT2D eigenvalue weighted by atomic mass is 10.2. The topological polar surface area (TPSA) is 63.2 Å². The molecular weight excluding hydrogens is 349 g/mol. The number of benzene rings is 1. The summed E-state index contributed by atoms with van der Waals surface area (Å²) in [5.74, 6) is -2.63. The number of carbonyl (C=O) groups is 1. The summed E-state index contributed by atoms with van der Waals surface area (Å²) >= 11 is 7.26. The first-order chi connectivity index (χ1) is 10.4. The number of carbonyl (C=O) groups excluding carboxylic acids is 1. The van der Waals surface area contributed by atoms with Crippen molar-refractivity contribution >= 4 is 38.7 Å². The Labute approximate surface area is 136 Å². The number of hydrogen-bond donors (Lipinski definition) is 1. The largest absolute Gasteiger partial charge is 0.350 e. The molecule has 0 radical (unpaired) electrons. The maximum Gasteiger partial charge on any atom is 0.235 e. The molecule has 1 aromatic heterocycles. The van der Waals surface area contributed by atoms with Crippen LogP contribution in [0.1, 0.15) is 10.4 Å². The Kier molecular flexibility index (Phi) is 5.55. The number of thiophene rings is 1. The van der Waals surface area contributed by atoms with E-state index in [1.807, 2.05) is 17.5 Å². The van der Waals surface area contributed by atoms with Crippen LogP contribution in [-0.4, -0.2) is 20.1 Å². The van der Waals surface area contributed by atoms with Crippen molar-refractivity contribution in [3.8, 4) is 0 Å². The molecule has 2 rings (SSSR count). The fourth-order valence-corrected chi connectivity index (χ4v) is 4.08. The van der Waals surface area contributed by atoms with Gasteiger partial charge in [-0.2, -0.15) is 0 Å². The fraction of sp³-hybridized carbons (Fsp3) is 0.214. The zero-order valence-corrected chi connectivity index (χ0v) is 13.8. The van der Waals surface area contributed by atoms with E-state index in [4.69, 9.17) is 11.6 Å². The standard InChI is InChI=1S/C14H13ClFNO3S2/c15-12-4-1-5-13(16)11(12)8-22(19,20)9-14(18)17-7-10-3-2-6-21-10/h1-6H,7-9H2,(H,17,18). The van der Waals surface area contributed by atoms with Gasteiger partial charge in [-0.25, -0.2) is 12.8 Å². The molecule has 0 bridgehead atoms. The highest BCUT2D eigenvalue weighted by atomic mass is 35.5. The van der Waals surface area contributed by atoms with Crippen LogP contribution in [0.2, 0.25) is 5.02 Å². The Bertz CT molecular complexity index is 740. The molecule has 4 nitrogen and oxygen atoms in total. The number of halogens is 2. The number of sulfone groups is 1. The third-order valence-corrected chi connectivity index (χ3v) is 5.48. The lowest BCUT2D eigenvalue weighted by molar-refractivity contribution is -0.118. The first-order valence-electron chi connectivity index (χ1n) is 6.30. The smallest absolute Gasteiger partial charge is 0.235 e.